The first-order valence-electron chi connectivity index (χ1n) is 5.27. The second-order valence-electron chi connectivity index (χ2n) is 4.28. The van der Waals surface area contributed by atoms with Crippen molar-refractivity contribution in [2.75, 3.05) is 25.1 Å². The first-order valence-corrected chi connectivity index (χ1v) is 7.78. The third-order valence-corrected chi connectivity index (χ3v) is 2.91. The Bertz CT molecular complexity index is 644. The van der Waals surface area contributed by atoms with E-state index < -0.39 is 9.71 Å². The van der Waals surface area contributed by atoms with Gasteiger partial charge in [-0.3, -0.25) is 0 Å². The van der Waals surface area contributed by atoms with Crippen molar-refractivity contribution in [2.24, 2.45) is 4.99 Å². The van der Waals surface area contributed by atoms with Crippen LogP contribution < -0.4 is 4.72 Å². The molecule has 0 radical (unpaired) electrons. The van der Waals surface area contributed by atoms with E-state index in [9.17, 15) is 4.21 Å². The molecular weight excluding hydrogens is 284 g/mol. The maximum Gasteiger partial charge on any atom is 0.103 e. The third-order valence-electron chi connectivity index (χ3n) is 1.94. The van der Waals surface area contributed by atoms with Crippen LogP contribution >= 0.6 is 11.6 Å². The lowest BCUT2D eigenvalue weighted by Crippen LogP contribution is -2.09. The number of aliphatic imine (C=N–C) groups is 1. The Morgan fingerprint density at radius 1 is 1.58 bits per heavy atom. The van der Waals surface area contributed by atoms with Crippen LogP contribution in [0.2, 0.25) is 5.02 Å². The number of nitrogens with one attached hydrogen (secondary N) is 1. The van der Waals surface area contributed by atoms with Crippen molar-refractivity contribution in [3.8, 4) is 6.07 Å². The molecule has 0 spiro atoms. The fraction of sp³-hybridized carbons (Fsp3) is 0.250. The summed E-state index contributed by atoms with van der Waals surface area (Å²) in [6.45, 7) is 0. The first-order chi connectivity index (χ1) is 8.73. The number of anilines is 1. The molecule has 0 bridgehead atoms. The number of halogens is 1. The van der Waals surface area contributed by atoms with Crippen LogP contribution in [0.1, 0.15) is 5.56 Å². The number of nitriles is 1. The van der Waals surface area contributed by atoms with Gasteiger partial charge in [0.25, 0.3) is 0 Å². The van der Waals surface area contributed by atoms with Crippen molar-refractivity contribution < 1.29 is 4.21 Å². The Labute approximate surface area is 118 Å². The van der Waals surface area contributed by atoms with Crippen molar-refractivity contribution >= 4 is 44.9 Å². The topological polar surface area (TPSA) is 68.5 Å². The highest BCUT2D eigenvalue weighted by Gasteiger charge is 2.09. The van der Waals surface area contributed by atoms with Crippen LogP contribution in [0.3, 0.4) is 0 Å². The average Bonchev–Trinajstić information content (AvgIpc) is 2.23. The molecule has 0 heterocycles. The normalized spacial score (nSPS) is 13.8. The van der Waals surface area contributed by atoms with E-state index in [0.717, 1.165) is 0 Å². The summed E-state index contributed by atoms with van der Waals surface area (Å²) in [5.41, 5.74) is 1.20. The summed E-state index contributed by atoms with van der Waals surface area (Å²) < 4.78 is 14.4. The van der Waals surface area contributed by atoms with Gasteiger partial charge in [0.1, 0.15) is 6.07 Å². The monoisotopic (exact) mass is 298 g/mol. The minimum absolute atomic E-state index is 0.252. The fourth-order valence-corrected chi connectivity index (χ4v) is 2.16. The van der Waals surface area contributed by atoms with Gasteiger partial charge in [0.05, 0.1) is 22.6 Å². The molecule has 0 aliphatic heterocycles. The molecule has 0 fully saturated rings. The Morgan fingerprint density at radius 3 is 2.68 bits per heavy atom. The predicted molar refractivity (Wildman–Crippen MR) is 82.8 cm³/mol. The summed E-state index contributed by atoms with van der Waals surface area (Å²) in [5.74, 6) is 3.50. The van der Waals surface area contributed by atoms with Crippen molar-refractivity contribution in [3.05, 3.63) is 22.7 Å². The lowest BCUT2D eigenvalue weighted by molar-refractivity contribution is 0.643. The van der Waals surface area contributed by atoms with Gasteiger partial charge < -0.3 is 9.62 Å². The molecule has 0 aliphatic carbocycles. The van der Waals surface area contributed by atoms with Gasteiger partial charge in [-0.15, -0.1) is 0 Å². The summed E-state index contributed by atoms with van der Waals surface area (Å²) in [6.07, 6.45) is 3.03. The van der Waals surface area contributed by atoms with Gasteiger partial charge in [0.15, 0.2) is 0 Å². The van der Waals surface area contributed by atoms with E-state index in [1.165, 1.54) is 12.3 Å². The molecule has 0 aliphatic rings. The first kappa shape index (κ1) is 15.3. The standard InChI is InChI=1S/C12H15ClN4OS/c1-17(2)8-15-12-6-9(16-19(3,4)18)5-11(13)10(12)7-14/h5-6,8H,3H2,1-2,4H3,(H,16,18). The molecule has 1 unspecified atom stereocenters. The highest BCUT2D eigenvalue weighted by molar-refractivity contribution is 8.00. The second-order valence-corrected chi connectivity index (χ2v) is 6.90. The number of benzene rings is 1. The van der Waals surface area contributed by atoms with Gasteiger partial charge in [0, 0.05) is 35.7 Å². The largest absolute Gasteiger partial charge is 0.369 e. The molecule has 1 aromatic rings. The van der Waals surface area contributed by atoms with Gasteiger partial charge >= 0.3 is 0 Å². The van der Waals surface area contributed by atoms with E-state index in [4.69, 9.17) is 16.9 Å². The highest BCUT2D eigenvalue weighted by atomic mass is 35.5. The molecule has 5 nitrogen and oxygen atoms in total. The maximum absolute atomic E-state index is 11.6. The number of nitrogens with zero attached hydrogens (tertiary/aromatic N) is 3. The Hall–Kier alpha value is -1.71. The fourth-order valence-electron chi connectivity index (χ4n) is 1.29. The number of rotatable bonds is 4. The predicted octanol–water partition coefficient (Wildman–Crippen LogP) is 2.11. The SMILES string of the molecule is C=S(C)(=O)Nc1cc(Cl)c(C#N)c(N=CN(C)C)c1. The molecule has 0 aromatic heterocycles. The van der Waals surface area contributed by atoms with Crippen molar-refractivity contribution in [2.45, 2.75) is 0 Å². The van der Waals surface area contributed by atoms with E-state index in [0.29, 0.717) is 11.4 Å². The molecule has 1 aromatic carbocycles. The van der Waals surface area contributed by atoms with Crippen LogP contribution in [-0.2, 0) is 9.71 Å². The minimum atomic E-state index is -2.42. The summed E-state index contributed by atoms with van der Waals surface area (Å²) in [6, 6.07) is 5.14. The van der Waals surface area contributed by atoms with E-state index in [1.807, 2.05) is 20.2 Å². The summed E-state index contributed by atoms with van der Waals surface area (Å²) in [4.78, 5) is 5.90. The molecule has 19 heavy (non-hydrogen) atoms. The quantitative estimate of drug-likeness (QED) is 0.526. The van der Waals surface area contributed by atoms with Gasteiger partial charge in [-0.2, -0.15) is 5.26 Å². The van der Waals surface area contributed by atoms with Crippen LogP contribution in [0, 0.1) is 11.3 Å². The second kappa shape index (κ2) is 5.95. The Balaban J connectivity index is 3.31. The average molecular weight is 299 g/mol. The molecule has 7 heteroatoms. The number of hydrogen-bond donors (Lipinski definition) is 1. The van der Waals surface area contributed by atoms with Crippen LogP contribution in [-0.4, -0.2) is 41.7 Å². The molecule has 0 amide bonds. The highest BCUT2D eigenvalue weighted by Crippen LogP contribution is 2.30. The van der Waals surface area contributed by atoms with Crippen molar-refractivity contribution in [1.29, 1.82) is 5.26 Å². The molecule has 0 saturated heterocycles. The van der Waals surface area contributed by atoms with Crippen LogP contribution in [0.25, 0.3) is 0 Å². The number of hydrogen-bond acceptors (Lipinski definition) is 3. The lowest BCUT2D eigenvalue weighted by atomic mass is 10.2. The van der Waals surface area contributed by atoms with E-state index in [-0.39, 0.29) is 10.6 Å². The van der Waals surface area contributed by atoms with Gasteiger partial charge in [0.2, 0.25) is 0 Å². The third kappa shape index (κ3) is 4.81. The van der Waals surface area contributed by atoms with E-state index >= 15 is 0 Å². The molecule has 1 atom stereocenters. The minimum Gasteiger partial charge on any atom is -0.369 e. The van der Waals surface area contributed by atoms with Gasteiger partial charge in [-0.25, -0.2) is 9.20 Å². The van der Waals surface area contributed by atoms with Crippen molar-refractivity contribution in [3.63, 3.8) is 0 Å². The van der Waals surface area contributed by atoms with Gasteiger partial charge in [-0.05, 0) is 18.0 Å². The summed E-state index contributed by atoms with van der Waals surface area (Å²) >= 11 is 6.02. The lowest BCUT2D eigenvalue weighted by Gasteiger charge is -2.10. The molecule has 1 N–H and O–H groups in total. The zero-order valence-corrected chi connectivity index (χ0v) is 12.5. The van der Waals surface area contributed by atoms with Crippen molar-refractivity contribution in [1.82, 2.24) is 4.90 Å². The zero-order chi connectivity index (χ0) is 14.6. The van der Waals surface area contributed by atoms with Crippen LogP contribution in [0.4, 0.5) is 11.4 Å². The smallest absolute Gasteiger partial charge is 0.103 e. The van der Waals surface area contributed by atoms with Crippen LogP contribution in [0.5, 0.6) is 0 Å². The molecule has 102 valence electrons. The Morgan fingerprint density at radius 2 is 2.21 bits per heavy atom. The van der Waals surface area contributed by atoms with E-state index in [1.54, 1.807) is 17.3 Å². The summed E-state index contributed by atoms with van der Waals surface area (Å²) in [7, 11) is 1.21. The molecular formula is C12H15ClN4OS. The maximum atomic E-state index is 11.6. The van der Waals surface area contributed by atoms with E-state index in [2.05, 4.69) is 15.6 Å². The zero-order valence-electron chi connectivity index (χ0n) is 11.0. The Kier molecular flexibility index (Phi) is 4.81. The van der Waals surface area contributed by atoms with Crippen LogP contribution in [0.15, 0.2) is 17.1 Å². The van der Waals surface area contributed by atoms with Gasteiger partial charge in [-0.1, -0.05) is 11.6 Å². The summed E-state index contributed by atoms with van der Waals surface area (Å²) in [5, 5.41) is 9.33. The molecule has 0 saturated carbocycles. The molecule has 1 rings (SSSR count).